The molecule has 1 aliphatic carbocycles. The average Bonchev–Trinajstić information content (AvgIpc) is 2.94. The van der Waals surface area contributed by atoms with Gasteiger partial charge in [-0.05, 0) is 74.4 Å². The van der Waals surface area contributed by atoms with Gasteiger partial charge in [-0.2, -0.15) is 0 Å². The van der Waals surface area contributed by atoms with Crippen molar-refractivity contribution in [2.24, 2.45) is 17.3 Å². The Morgan fingerprint density at radius 1 is 1.19 bits per heavy atom. The smallest absolute Gasteiger partial charge is 0.173 e. The van der Waals surface area contributed by atoms with E-state index in [1.165, 1.54) is 12.8 Å². The normalized spacial score (nSPS) is 27.0. The molecule has 4 rings (SSSR count). The van der Waals surface area contributed by atoms with Crippen LogP contribution in [0.4, 0.5) is 5.69 Å². The van der Waals surface area contributed by atoms with Crippen molar-refractivity contribution in [2.45, 2.75) is 53.5 Å². The standard InChI is InChI=1S/C21H28N4S/c1-12-15-8-17(10-21(12,4)5)25(11-15)20(26)24-16-6-7-18-19(9-16)23-14(3)13(2)22-18/h6-7,9,12,15,17H,8,10-11H2,1-5H3,(H,24,26)/t12-,15+,17-/m0/s1. The Morgan fingerprint density at radius 2 is 1.88 bits per heavy atom. The molecule has 2 bridgehead atoms. The minimum absolute atomic E-state index is 0.395. The highest BCUT2D eigenvalue weighted by Crippen LogP contribution is 2.49. The maximum absolute atomic E-state index is 5.78. The fourth-order valence-electron chi connectivity index (χ4n) is 4.69. The minimum Gasteiger partial charge on any atom is -0.346 e. The molecule has 0 radical (unpaired) electrons. The van der Waals surface area contributed by atoms with E-state index in [9.17, 15) is 0 Å². The number of hydrogen-bond acceptors (Lipinski definition) is 3. The van der Waals surface area contributed by atoms with Crippen LogP contribution >= 0.6 is 12.2 Å². The Hall–Kier alpha value is -1.75. The highest BCUT2D eigenvalue weighted by Gasteiger charge is 2.48. The Balaban J connectivity index is 1.54. The van der Waals surface area contributed by atoms with Gasteiger partial charge < -0.3 is 10.2 Å². The van der Waals surface area contributed by atoms with E-state index in [4.69, 9.17) is 12.2 Å². The molecule has 2 fully saturated rings. The summed E-state index contributed by atoms with van der Waals surface area (Å²) in [5.74, 6) is 1.49. The highest BCUT2D eigenvalue weighted by molar-refractivity contribution is 7.80. The number of anilines is 1. The summed E-state index contributed by atoms with van der Waals surface area (Å²) in [6.07, 6.45) is 2.49. The third kappa shape index (κ3) is 2.96. The number of aromatic nitrogens is 2. The summed E-state index contributed by atoms with van der Waals surface area (Å²) < 4.78 is 0. The van der Waals surface area contributed by atoms with Gasteiger partial charge in [0.2, 0.25) is 0 Å². The quantitative estimate of drug-likeness (QED) is 0.739. The maximum atomic E-state index is 5.78. The molecule has 26 heavy (non-hydrogen) atoms. The van der Waals surface area contributed by atoms with Crippen LogP contribution in [-0.2, 0) is 0 Å². The molecule has 4 nitrogen and oxygen atoms in total. The largest absolute Gasteiger partial charge is 0.346 e. The summed E-state index contributed by atoms with van der Waals surface area (Å²) in [5.41, 5.74) is 5.18. The first kappa shape index (κ1) is 17.7. The van der Waals surface area contributed by atoms with E-state index in [0.29, 0.717) is 11.5 Å². The number of nitrogens with zero attached hydrogens (tertiary/aromatic N) is 3. The van der Waals surface area contributed by atoms with Crippen molar-refractivity contribution in [3.63, 3.8) is 0 Å². The van der Waals surface area contributed by atoms with Crippen molar-refractivity contribution in [3.05, 3.63) is 29.6 Å². The highest BCUT2D eigenvalue weighted by atomic mass is 32.1. The van der Waals surface area contributed by atoms with Gasteiger partial charge in [-0.3, -0.25) is 0 Å². The van der Waals surface area contributed by atoms with Gasteiger partial charge in [-0.1, -0.05) is 20.8 Å². The molecule has 0 unspecified atom stereocenters. The first-order valence-corrected chi connectivity index (χ1v) is 9.98. The van der Waals surface area contributed by atoms with Crippen LogP contribution in [0.1, 0.15) is 45.0 Å². The molecule has 1 N–H and O–H groups in total. The Morgan fingerprint density at radius 3 is 2.62 bits per heavy atom. The van der Waals surface area contributed by atoms with Crippen LogP contribution in [0.15, 0.2) is 18.2 Å². The second kappa shape index (κ2) is 6.15. The second-order valence-electron chi connectivity index (χ2n) is 8.81. The van der Waals surface area contributed by atoms with Gasteiger partial charge in [-0.25, -0.2) is 9.97 Å². The van der Waals surface area contributed by atoms with Gasteiger partial charge in [0.05, 0.1) is 22.4 Å². The lowest BCUT2D eigenvalue weighted by Gasteiger charge is -2.41. The van der Waals surface area contributed by atoms with Gasteiger partial charge >= 0.3 is 0 Å². The van der Waals surface area contributed by atoms with Crippen LogP contribution in [0.2, 0.25) is 0 Å². The molecule has 2 aliphatic rings. The number of thiocarbonyl (C=S) groups is 1. The number of fused-ring (bicyclic) bond motifs is 3. The van der Waals surface area contributed by atoms with Gasteiger partial charge in [0.25, 0.3) is 0 Å². The zero-order chi connectivity index (χ0) is 18.6. The minimum atomic E-state index is 0.395. The summed E-state index contributed by atoms with van der Waals surface area (Å²) in [4.78, 5) is 11.7. The Bertz CT molecular complexity index is 876. The Kier molecular flexibility index (Phi) is 4.18. The molecule has 3 atom stereocenters. The molecule has 1 saturated heterocycles. The first-order valence-electron chi connectivity index (χ1n) is 9.57. The van der Waals surface area contributed by atoms with Crippen LogP contribution in [0.25, 0.3) is 11.0 Å². The molecule has 5 heteroatoms. The van der Waals surface area contributed by atoms with E-state index in [1.54, 1.807) is 0 Å². The summed E-state index contributed by atoms with van der Waals surface area (Å²) in [7, 11) is 0. The lowest BCUT2D eigenvalue weighted by Crippen LogP contribution is -2.41. The topological polar surface area (TPSA) is 41.1 Å². The molecule has 1 aromatic heterocycles. The summed E-state index contributed by atoms with van der Waals surface area (Å²) >= 11 is 5.78. The molecule has 1 saturated carbocycles. The van der Waals surface area contributed by atoms with E-state index >= 15 is 0 Å². The van der Waals surface area contributed by atoms with Gasteiger partial charge in [0, 0.05) is 18.3 Å². The van der Waals surface area contributed by atoms with E-state index < -0.39 is 0 Å². The van der Waals surface area contributed by atoms with E-state index in [0.717, 1.165) is 51.6 Å². The van der Waals surface area contributed by atoms with Crippen molar-refractivity contribution >= 4 is 34.1 Å². The van der Waals surface area contributed by atoms with Crippen molar-refractivity contribution < 1.29 is 0 Å². The molecule has 138 valence electrons. The number of aryl methyl sites for hydroxylation is 2. The predicted molar refractivity (Wildman–Crippen MR) is 111 cm³/mol. The summed E-state index contributed by atoms with van der Waals surface area (Å²) in [6.45, 7) is 12.3. The molecule has 1 aromatic carbocycles. The van der Waals surface area contributed by atoms with Crippen LogP contribution < -0.4 is 5.32 Å². The Labute approximate surface area is 161 Å². The van der Waals surface area contributed by atoms with Gasteiger partial charge in [0.1, 0.15) is 0 Å². The van der Waals surface area contributed by atoms with Gasteiger partial charge in [-0.15, -0.1) is 0 Å². The summed E-state index contributed by atoms with van der Waals surface area (Å²) in [5, 5.41) is 4.30. The molecule has 0 spiro atoms. The number of likely N-dealkylation sites (tertiary alicyclic amines) is 1. The van der Waals surface area contributed by atoms with Crippen molar-refractivity contribution in [3.8, 4) is 0 Å². The van der Waals surface area contributed by atoms with Crippen molar-refractivity contribution in [1.82, 2.24) is 14.9 Å². The number of benzene rings is 1. The average molecular weight is 369 g/mol. The third-order valence-corrected chi connectivity index (χ3v) is 7.07. The zero-order valence-corrected chi connectivity index (χ0v) is 17.2. The number of nitrogens with one attached hydrogen (secondary N) is 1. The fourth-order valence-corrected chi connectivity index (χ4v) is 5.03. The molecule has 2 heterocycles. The van der Waals surface area contributed by atoms with Crippen LogP contribution in [0.3, 0.4) is 0 Å². The SMILES string of the molecule is Cc1nc2ccc(NC(=S)N3C[C@H]4C[C@H]3CC(C)(C)[C@H]4C)cc2nc1C. The van der Waals surface area contributed by atoms with Crippen molar-refractivity contribution in [1.29, 1.82) is 0 Å². The lowest BCUT2D eigenvalue weighted by molar-refractivity contribution is 0.107. The number of rotatable bonds is 1. The lowest BCUT2D eigenvalue weighted by atomic mass is 9.65. The molecular weight excluding hydrogens is 340 g/mol. The number of hydrogen-bond donors (Lipinski definition) is 1. The van der Waals surface area contributed by atoms with Crippen LogP contribution in [-0.4, -0.2) is 32.6 Å². The van der Waals surface area contributed by atoms with Gasteiger partial charge in [0.15, 0.2) is 5.11 Å². The van der Waals surface area contributed by atoms with Crippen LogP contribution in [0, 0.1) is 31.1 Å². The molecular formula is C21H28N4S. The van der Waals surface area contributed by atoms with E-state index in [2.05, 4.69) is 47.0 Å². The molecule has 1 aliphatic heterocycles. The molecule has 0 amide bonds. The second-order valence-corrected chi connectivity index (χ2v) is 9.20. The molecule has 2 aromatic rings. The maximum Gasteiger partial charge on any atom is 0.173 e. The van der Waals surface area contributed by atoms with E-state index in [1.807, 2.05) is 26.0 Å². The van der Waals surface area contributed by atoms with E-state index in [-0.39, 0.29) is 0 Å². The fraction of sp³-hybridized carbons (Fsp3) is 0.571. The predicted octanol–water partition coefficient (Wildman–Crippen LogP) is 4.70. The monoisotopic (exact) mass is 368 g/mol. The third-order valence-electron chi connectivity index (χ3n) is 6.74. The van der Waals surface area contributed by atoms with Crippen LogP contribution in [0.5, 0.6) is 0 Å². The summed E-state index contributed by atoms with van der Waals surface area (Å²) in [6, 6.07) is 6.69. The zero-order valence-electron chi connectivity index (χ0n) is 16.3. The first-order chi connectivity index (χ1) is 12.2. The van der Waals surface area contributed by atoms with Crippen molar-refractivity contribution in [2.75, 3.05) is 11.9 Å².